The number of hydrogen-bond donors (Lipinski definition) is 1. The van der Waals surface area contributed by atoms with E-state index in [-0.39, 0.29) is 17.8 Å². The van der Waals surface area contributed by atoms with Crippen LogP contribution in [0.3, 0.4) is 0 Å². The second-order valence-corrected chi connectivity index (χ2v) is 5.17. The van der Waals surface area contributed by atoms with Gasteiger partial charge in [-0.3, -0.25) is 9.78 Å². The number of nitrogens with one attached hydrogen (secondary N) is 1. The molecule has 1 amide bonds. The van der Waals surface area contributed by atoms with E-state index < -0.39 is 0 Å². The van der Waals surface area contributed by atoms with Gasteiger partial charge < -0.3 is 15.0 Å². The van der Waals surface area contributed by atoms with E-state index in [1.165, 1.54) is 0 Å². The van der Waals surface area contributed by atoms with E-state index in [0.29, 0.717) is 17.9 Å². The zero-order valence-corrected chi connectivity index (χ0v) is 13.0. The molecule has 2 rings (SSSR count). The Kier molecular flexibility index (Phi) is 5.43. The molecule has 1 unspecified atom stereocenters. The van der Waals surface area contributed by atoms with E-state index >= 15 is 0 Å². The van der Waals surface area contributed by atoms with Crippen molar-refractivity contribution in [3.8, 4) is 11.6 Å². The summed E-state index contributed by atoms with van der Waals surface area (Å²) >= 11 is 0. The number of nitrogens with zero attached hydrogens (tertiary/aromatic N) is 3. The maximum atomic E-state index is 12.3. The van der Waals surface area contributed by atoms with E-state index in [2.05, 4.69) is 15.3 Å². The summed E-state index contributed by atoms with van der Waals surface area (Å²) in [6, 6.07) is 7.16. The molecule has 0 aliphatic carbocycles. The van der Waals surface area contributed by atoms with Gasteiger partial charge in [0.25, 0.3) is 5.91 Å². The average Bonchev–Trinajstić information content (AvgIpc) is 2.53. The summed E-state index contributed by atoms with van der Waals surface area (Å²) in [5.74, 6) is 0.600. The van der Waals surface area contributed by atoms with Gasteiger partial charge in [-0.15, -0.1) is 0 Å². The fourth-order valence-electron chi connectivity index (χ4n) is 1.68. The molecule has 6 heteroatoms. The fraction of sp³-hybridized carbons (Fsp3) is 0.312. The topological polar surface area (TPSA) is 67.3 Å². The third-order valence-electron chi connectivity index (χ3n) is 3.30. The monoisotopic (exact) mass is 300 g/mol. The van der Waals surface area contributed by atoms with Crippen LogP contribution in [0.25, 0.3) is 0 Å². The van der Waals surface area contributed by atoms with E-state index in [1.54, 1.807) is 42.9 Å². The number of carbonyl (C=O) groups is 1. The Morgan fingerprint density at radius 3 is 2.77 bits per heavy atom. The molecule has 0 saturated heterocycles. The van der Waals surface area contributed by atoms with Crippen molar-refractivity contribution in [2.24, 2.45) is 0 Å². The van der Waals surface area contributed by atoms with Crippen LogP contribution in [0.15, 0.2) is 42.9 Å². The predicted molar refractivity (Wildman–Crippen MR) is 84.0 cm³/mol. The van der Waals surface area contributed by atoms with E-state index in [9.17, 15) is 4.79 Å². The van der Waals surface area contributed by atoms with Crippen LogP contribution in [0.1, 0.15) is 17.3 Å². The minimum Gasteiger partial charge on any atom is -0.437 e. The average molecular weight is 300 g/mol. The number of hydrogen-bond acceptors (Lipinski definition) is 5. The highest BCUT2D eigenvalue weighted by Crippen LogP contribution is 2.21. The normalized spacial score (nSPS) is 12.0. The van der Waals surface area contributed by atoms with E-state index in [4.69, 9.17) is 4.74 Å². The van der Waals surface area contributed by atoms with Gasteiger partial charge in [0.05, 0.1) is 6.20 Å². The van der Waals surface area contributed by atoms with Gasteiger partial charge in [-0.2, -0.15) is 0 Å². The Hall–Kier alpha value is -2.47. The Bertz CT molecular complexity index is 617. The Morgan fingerprint density at radius 1 is 1.32 bits per heavy atom. The molecule has 0 spiro atoms. The second kappa shape index (κ2) is 7.51. The van der Waals surface area contributed by atoms with Gasteiger partial charge in [0.1, 0.15) is 11.3 Å². The zero-order chi connectivity index (χ0) is 15.9. The minimum absolute atomic E-state index is 0.208. The molecule has 2 aromatic rings. The lowest BCUT2D eigenvalue weighted by Gasteiger charge is -2.20. The van der Waals surface area contributed by atoms with Crippen molar-refractivity contribution in [1.29, 1.82) is 0 Å². The first-order chi connectivity index (χ1) is 10.6. The molecule has 6 nitrogen and oxygen atoms in total. The quantitative estimate of drug-likeness (QED) is 0.883. The van der Waals surface area contributed by atoms with Crippen LogP contribution in [-0.2, 0) is 0 Å². The molecule has 22 heavy (non-hydrogen) atoms. The Labute approximate surface area is 130 Å². The summed E-state index contributed by atoms with van der Waals surface area (Å²) < 4.78 is 5.64. The van der Waals surface area contributed by atoms with Crippen LogP contribution >= 0.6 is 0 Å². The number of pyridine rings is 2. The third kappa shape index (κ3) is 4.26. The first-order valence-corrected chi connectivity index (χ1v) is 7.05. The van der Waals surface area contributed by atoms with Gasteiger partial charge in [0.2, 0.25) is 5.88 Å². The summed E-state index contributed by atoms with van der Waals surface area (Å²) in [5, 5.41) is 2.89. The van der Waals surface area contributed by atoms with Crippen LogP contribution in [-0.4, -0.2) is 47.5 Å². The van der Waals surface area contributed by atoms with Crippen LogP contribution in [0.2, 0.25) is 0 Å². The van der Waals surface area contributed by atoms with Crippen molar-refractivity contribution < 1.29 is 9.53 Å². The maximum absolute atomic E-state index is 12.3. The molecule has 0 aliphatic heterocycles. The predicted octanol–water partition coefficient (Wildman–Crippen LogP) is 1.95. The highest BCUT2D eigenvalue weighted by Gasteiger charge is 2.15. The Morgan fingerprint density at radius 2 is 2.09 bits per heavy atom. The number of amides is 1. The maximum Gasteiger partial charge on any atom is 0.256 e. The molecule has 1 N–H and O–H groups in total. The molecule has 2 heterocycles. The smallest absolute Gasteiger partial charge is 0.256 e. The molecule has 0 aromatic carbocycles. The van der Waals surface area contributed by atoms with Crippen molar-refractivity contribution in [1.82, 2.24) is 20.2 Å². The molecule has 0 aliphatic rings. The number of rotatable bonds is 6. The molecular formula is C16H20N4O2. The van der Waals surface area contributed by atoms with E-state index in [0.717, 1.165) is 0 Å². The van der Waals surface area contributed by atoms with Gasteiger partial charge in [-0.1, -0.05) is 0 Å². The van der Waals surface area contributed by atoms with Gasteiger partial charge in [0.15, 0.2) is 0 Å². The summed E-state index contributed by atoms with van der Waals surface area (Å²) in [5.41, 5.74) is 0.400. The summed E-state index contributed by atoms with van der Waals surface area (Å²) in [7, 11) is 3.94. The lowest BCUT2D eigenvalue weighted by molar-refractivity contribution is 0.0940. The lowest BCUT2D eigenvalue weighted by Crippen LogP contribution is -2.38. The number of carbonyl (C=O) groups excluding carboxylic acids is 1. The summed E-state index contributed by atoms with van der Waals surface area (Å²) in [6.07, 6.45) is 4.82. The highest BCUT2D eigenvalue weighted by molar-refractivity contribution is 5.96. The number of likely N-dealkylation sites (N-methyl/N-ethyl adjacent to an activating group) is 1. The van der Waals surface area contributed by atoms with Crippen LogP contribution in [0.5, 0.6) is 11.6 Å². The molecule has 0 bridgehead atoms. The molecule has 0 radical (unpaired) electrons. The Balaban J connectivity index is 2.09. The fourth-order valence-corrected chi connectivity index (χ4v) is 1.68. The van der Waals surface area contributed by atoms with Gasteiger partial charge >= 0.3 is 0 Å². The van der Waals surface area contributed by atoms with Crippen LogP contribution < -0.4 is 10.1 Å². The molecule has 1 atom stereocenters. The van der Waals surface area contributed by atoms with E-state index in [1.807, 2.05) is 25.9 Å². The standard InChI is InChI=1S/C16H20N4O2/c1-12(20(2)3)10-19-15(21)14-7-5-9-18-16(14)22-13-6-4-8-17-11-13/h4-9,11-12H,10H2,1-3H3,(H,19,21). The minimum atomic E-state index is -0.208. The molecular weight excluding hydrogens is 280 g/mol. The third-order valence-corrected chi connectivity index (χ3v) is 3.30. The first-order valence-electron chi connectivity index (χ1n) is 7.05. The second-order valence-electron chi connectivity index (χ2n) is 5.17. The van der Waals surface area contributed by atoms with Crippen LogP contribution in [0, 0.1) is 0 Å². The number of aromatic nitrogens is 2. The van der Waals surface area contributed by atoms with Gasteiger partial charge in [-0.05, 0) is 45.3 Å². The van der Waals surface area contributed by atoms with Crippen LogP contribution in [0.4, 0.5) is 0 Å². The first kappa shape index (κ1) is 15.9. The largest absolute Gasteiger partial charge is 0.437 e. The van der Waals surface area contributed by atoms with Crippen molar-refractivity contribution >= 4 is 5.91 Å². The summed E-state index contributed by atoms with van der Waals surface area (Å²) in [4.78, 5) is 22.5. The lowest BCUT2D eigenvalue weighted by atomic mass is 10.2. The molecule has 0 fully saturated rings. The van der Waals surface area contributed by atoms with Gasteiger partial charge in [-0.25, -0.2) is 4.98 Å². The van der Waals surface area contributed by atoms with Gasteiger partial charge in [0, 0.05) is 25.0 Å². The van der Waals surface area contributed by atoms with Crippen molar-refractivity contribution in [3.05, 3.63) is 48.4 Å². The summed E-state index contributed by atoms with van der Waals surface area (Å²) in [6.45, 7) is 2.59. The SMILES string of the molecule is CC(CNC(=O)c1cccnc1Oc1cccnc1)N(C)C. The highest BCUT2D eigenvalue weighted by atomic mass is 16.5. The number of ether oxygens (including phenoxy) is 1. The van der Waals surface area contributed by atoms with Crippen molar-refractivity contribution in [2.75, 3.05) is 20.6 Å². The molecule has 2 aromatic heterocycles. The van der Waals surface area contributed by atoms with Crippen molar-refractivity contribution in [3.63, 3.8) is 0 Å². The molecule has 0 saturated carbocycles. The van der Waals surface area contributed by atoms with Crippen molar-refractivity contribution in [2.45, 2.75) is 13.0 Å². The zero-order valence-electron chi connectivity index (χ0n) is 13.0. The molecule has 116 valence electrons.